The molecule has 0 spiro atoms. The highest BCUT2D eigenvalue weighted by molar-refractivity contribution is 7.80. The summed E-state index contributed by atoms with van der Waals surface area (Å²) in [6.07, 6.45) is -3.36. The second-order valence-electron chi connectivity index (χ2n) is 3.63. The van der Waals surface area contributed by atoms with Gasteiger partial charge in [-0.25, -0.2) is 4.98 Å². The molecule has 0 atom stereocenters. The highest BCUT2D eigenvalue weighted by Gasteiger charge is 2.32. The van der Waals surface area contributed by atoms with E-state index in [0.29, 0.717) is 23.5 Å². The molecule has 1 aromatic heterocycles. The number of carbonyl (C=O) groups excluding carboxylic acids is 1. The number of carbonyl (C=O) groups is 1. The summed E-state index contributed by atoms with van der Waals surface area (Å²) < 4.78 is 37.2. The van der Waals surface area contributed by atoms with E-state index in [1.54, 1.807) is 0 Å². The van der Waals surface area contributed by atoms with Crippen LogP contribution in [-0.4, -0.2) is 22.3 Å². The molecule has 0 saturated heterocycles. The van der Waals surface area contributed by atoms with Crippen LogP contribution in [0, 0.1) is 0 Å². The van der Waals surface area contributed by atoms with Crippen LogP contribution in [0.4, 0.5) is 13.2 Å². The fraction of sp³-hybridized carbons (Fsp3) is 0.364. The van der Waals surface area contributed by atoms with Crippen LogP contribution in [0.1, 0.15) is 29.4 Å². The van der Waals surface area contributed by atoms with E-state index in [0.717, 1.165) is 0 Å². The zero-order valence-corrected chi connectivity index (χ0v) is 11.4. The molecule has 0 aromatic carbocycles. The predicted octanol–water partition coefficient (Wildman–Crippen LogP) is 3.26. The first kappa shape index (κ1) is 15.8. The summed E-state index contributed by atoms with van der Waals surface area (Å²) in [7, 11) is 0. The van der Waals surface area contributed by atoms with Gasteiger partial charge in [0.15, 0.2) is 0 Å². The lowest BCUT2D eigenvalue weighted by molar-refractivity contribution is -0.137. The lowest BCUT2D eigenvalue weighted by Crippen LogP contribution is -2.29. The molecule has 1 N–H and O–H groups in total. The predicted molar refractivity (Wildman–Crippen MR) is 69.5 cm³/mol. The van der Waals surface area contributed by atoms with Crippen molar-refractivity contribution in [3.05, 3.63) is 28.5 Å². The van der Waals surface area contributed by atoms with Crippen molar-refractivity contribution >= 4 is 34.6 Å². The molecular weight excluding hydrogens is 301 g/mol. The van der Waals surface area contributed by atoms with Gasteiger partial charge in [-0.15, -0.1) is 0 Å². The number of hydrogen-bond acceptors (Lipinski definition) is 3. The van der Waals surface area contributed by atoms with Gasteiger partial charge in [0.2, 0.25) is 0 Å². The van der Waals surface area contributed by atoms with E-state index in [9.17, 15) is 18.0 Å². The quantitative estimate of drug-likeness (QED) is 0.868. The fourth-order valence-electron chi connectivity index (χ4n) is 1.15. The number of thiocarbonyl (C=S) groups is 1. The number of nitrogens with zero attached hydrogens (tertiary/aromatic N) is 1. The van der Waals surface area contributed by atoms with Crippen LogP contribution in [0.5, 0.6) is 0 Å². The van der Waals surface area contributed by atoms with Crippen molar-refractivity contribution in [1.82, 2.24) is 10.3 Å². The van der Waals surface area contributed by atoms with Crippen LogP contribution < -0.4 is 5.32 Å². The van der Waals surface area contributed by atoms with Gasteiger partial charge in [-0.1, -0.05) is 30.7 Å². The molecule has 0 radical (unpaired) electrons. The second-order valence-corrected chi connectivity index (χ2v) is 4.61. The number of aromatic nitrogens is 1. The monoisotopic (exact) mass is 310 g/mol. The molecule has 8 heteroatoms. The number of halogens is 4. The van der Waals surface area contributed by atoms with Crippen molar-refractivity contribution in [2.75, 3.05) is 6.54 Å². The van der Waals surface area contributed by atoms with Crippen LogP contribution in [0.25, 0.3) is 0 Å². The number of pyridine rings is 1. The summed E-state index contributed by atoms with van der Waals surface area (Å²) in [5, 5.41) is 2.09. The number of rotatable bonds is 4. The van der Waals surface area contributed by atoms with Crippen LogP contribution in [0.15, 0.2) is 12.3 Å². The maximum atomic E-state index is 12.4. The molecule has 0 bridgehead atoms. The molecule has 0 unspecified atom stereocenters. The maximum Gasteiger partial charge on any atom is 0.417 e. The third-order valence-corrected chi connectivity index (χ3v) is 2.95. The van der Waals surface area contributed by atoms with Gasteiger partial charge in [-0.2, -0.15) is 13.2 Å². The van der Waals surface area contributed by atoms with E-state index in [1.165, 1.54) is 0 Å². The Morgan fingerprint density at radius 1 is 1.53 bits per heavy atom. The van der Waals surface area contributed by atoms with Gasteiger partial charge in [0, 0.05) is 17.6 Å². The summed E-state index contributed by atoms with van der Waals surface area (Å²) >= 11 is 10.5. The molecule has 1 aromatic rings. The van der Waals surface area contributed by atoms with Gasteiger partial charge in [-0.05, 0) is 12.5 Å². The first-order chi connectivity index (χ1) is 8.75. The molecule has 0 aliphatic carbocycles. The minimum atomic E-state index is -4.55. The van der Waals surface area contributed by atoms with Crippen molar-refractivity contribution in [3.8, 4) is 0 Å². The second kappa shape index (κ2) is 6.29. The normalized spacial score (nSPS) is 11.2. The van der Waals surface area contributed by atoms with Crippen LogP contribution in [0.2, 0.25) is 5.02 Å². The Bertz CT molecular complexity index is 505. The molecule has 19 heavy (non-hydrogen) atoms. The summed E-state index contributed by atoms with van der Waals surface area (Å²) in [5.74, 6) is -0.658. The molecule has 0 saturated carbocycles. The topological polar surface area (TPSA) is 42.0 Å². The van der Waals surface area contributed by atoms with Gasteiger partial charge >= 0.3 is 6.18 Å². The van der Waals surface area contributed by atoms with Crippen molar-refractivity contribution in [2.24, 2.45) is 0 Å². The minimum absolute atomic E-state index is 0.156. The van der Waals surface area contributed by atoms with E-state index in [1.807, 2.05) is 6.92 Å². The Hall–Kier alpha value is -1.21. The van der Waals surface area contributed by atoms with Crippen LogP contribution >= 0.6 is 23.8 Å². The smallest absolute Gasteiger partial charge is 0.346 e. The number of hydrogen-bond donors (Lipinski definition) is 1. The van der Waals surface area contributed by atoms with E-state index in [4.69, 9.17) is 23.8 Å². The van der Waals surface area contributed by atoms with Gasteiger partial charge in [0.05, 0.1) is 10.6 Å². The average Bonchev–Trinajstić information content (AvgIpc) is 2.34. The zero-order chi connectivity index (χ0) is 14.6. The molecule has 1 rings (SSSR count). The lowest BCUT2D eigenvalue weighted by atomic mass is 10.2. The Labute approximate surface area is 118 Å². The Balaban J connectivity index is 2.85. The van der Waals surface area contributed by atoms with Crippen molar-refractivity contribution in [3.63, 3.8) is 0 Å². The van der Waals surface area contributed by atoms with Crippen LogP contribution in [-0.2, 0) is 6.18 Å². The molecule has 3 nitrogen and oxygen atoms in total. The lowest BCUT2D eigenvalue weighted by Gasteiger charge is -2.09. The third-order valence-electron chi connectivity index (χ3n) is 2.22. The molecule has 1 heterocycles. The van der Waals surface area contributed by atoms with Crippen LogP contribution in [0.3, 0.4) is 0 Å². The standard InChI is InChI=1S/C11H10ClF3N2OS/c1-2-7(19)5-17-10(18)9-8(12)3-6(4-16-9)11(13,14)15/h3-4H,2,5H2,1H3,(H,17,18). The fourth-order valence-corrected chi connectivity index (χ4v) is 1.47. The van der Waals surface area contributed by atoms with Crippen molar-refractivity contribution < 1.29 is 18.0 Å². The summed E-state index contributed by atoms with van der Waals surface area (Å²) in [4.78, 5) is 15.7. The summed E-state index contributed by atoms with van der Waals surface area (Å²) in [6.45, 7) is 1.99. The average molecular weight is 311 g/mol. The van der Waals surface area contributed by atoms with Gasteiger partial charge in [0.25, 0.3) is 5.91 Å². The number of amides is 1. The van der Waals surface area contributed by atoms with E-state index >= 15 is 0 Å². The molecule has 0 aliphatic rings. The number of alkyl halides is 3. The molecule has 0 fully saturated rings. The first-order valence-corrected chi connectivity index (χ1v) is 6.07. The van der Waals surface area contributed by atoms with Gasteiger partial charge in [-0.3, -0.25) is 4.79 Å². The van der Waals surface area contributed by atoms with Crippen molar-refractivity contribution in [2.45, 2.75) is 19.5 Å². The minimum Gasteiger partial charge on any atom is -0.346 e. The zero-order valence-electron chi connectivity index (χ0n) is 9.84. The Kier molecular flexibility index (Phi) is 5.25. The Morgan fingerprint density at radius 2 is 2.16 bits per heavy atom. The van der Waals surface area contributed by atoms with Gasteiger partial charge in [0.1, 0.15) is 5.69 Å². The first-order valence-electron chi connectivity index (χ1n) is 5.28. The van der Waals surface area contributed by atoms with E-state index in [2.05, 4.69) is 10.3 Å². The van der Waals surface area contributed by atoms with E-state index < -0.39 is 17.6 Å². The summed E-state index contributed by atoms with van der Waals surface area (Å²) in [5.41, 5.74) is -1.26. The molecule has 1 amide bonds. The highest BCUT2D eigenvalue weighted by atomic mass is 35.5. The van der Waals surface area contributed by atoms with Gasteiger partial charge < -0.3 is 5.32 Å². The molecule has 0 aliphatic heterocycles. The van der Waals surface area contributed by atoms with Crippen molar-refractivity contribution in [1.29, 1.82) is 0 Å². The third kappa shape index (κ3) is 4.43. The SMILES string of the molecule is CCC(=S)CNC(=O)c1ncc(C(F)(F)F)cc1Cl. The largest absolute Gasteiger partial charge is 0.417 e. The number of nitrogens with one attached hydrogen (secondary N) is 1. The maximum absolute atomic E-state index is 12.4. The van der Waals surface area contributed by atoms with E-state index in [-0.39, 0.29) is 17.3 Å². The summed E-state index contributed by atoms with van der Waals surface area (Å²) in [6, 6.07) is 0.668. The molecular formula is C11H10ClF3N2OS. The Morgan fingerprint density at radius 3 is 2.63 bits per heavy atom. The molecule has 104 valence electrons. The highest BCUT2D eigenvalue weighted by Crippen LogP contribution is 2.30.